The Balaban J connectivity index is 2.18. The minimum absolute atomic E-state index is 0.395. The summed E-state index contributed by atoms with van der Waals surface area (Å²) in [6, 6.07) is 6.88. The van der Waals surface area contributed by atoms with E-state index >= 15 is 0 Å². The van der Waals surface area contributed by atoms with Gasteiger partial charge in [0.25, 0.3) is 0 Å². The van der Waals surface area contributed by atoms with Gasteiger partial charge in [-0.1, -0.05) is 19.1 Å². The highest BCUT2D eigenvalue weighted by Gasteiger charge is 2.26. The van der Waals surface area contributed by atoms with Crippen molar-refractivity contribution in [3.8, 4) is 5.75 Å². The maximum atomic E-state index is 5.55. The van der Waals surface area contributed by atoms with E-state index in [1.165, 1.54) is 11.1 Å². The molecule has 1 heterocycles. The fourth-order valence-corrected chi connectivity index (χ4v) is 2.77. The molecule has 0 aromatic heterocycles. The average Bonchev–Trinajstić information content (AvgIpc) is 2.93. The van der Waals surface area contributed by atoms with Gasteiger partial charge in [-0.05, 0) is 43.5 Å². The Morgan fingerprint density at radius 3 is 2.89 bits per heavy atom. The van der Waals surface area contributed by atoms with Crippen molar-refractivity contribution in [2.45, 2.75) is 32.7 Å². The van der Waals surface area contributed by atoms with Crippen molar-refractivity contribution in [3.05, 3.63) is 29.3 Å². The largest absolute Gasteiger partial charge is 0.496 e. The van der Waals surface area contributed by atoms with E-state index in [0.717, 1.165) is 38.3 Å². The van der Waals surface area contributed by atoms with Gasteiger partial charge in [-0.3, -0.25) is 0 Å². The van der Waals surface area contributed by atoms with E-state index in [-0.39, 0.29) is 0 Å². The van der Waals surface area contributed by atoms with Crippen molar-refractivity contribution in [2.75, 3.05) is 26.9 Å². The van der Waals surface area contributed by atoms with Crippen LogP contribution in [0.25, 0.3) is 0 Å². The summed E-state index contributed by atoms with van der Waals surface area (Å²) in [5.41, 5.74) is 2.55. The van der Waals surface area contributed by atoms with Crippen LogP contribution in [0, 0.1) is 12.8 Å². The summed E-state index contributed by atoms with van der Waals surface area (Å²) in [4.78, 5) is 0. The molecule has 2 atom stereocenters. The van der Waals surface area contributed by atoms with Gasteiger partial charge in [-0.25, -0.2) is 0 Å². The molecule has 1 aromatic rings. The predicted octanol–water partition coefficient (Wildman–Crippen LogP) is 3.08. The molecule has 1 N–H and O–H groups in total. The van der Waals surface area contributed by atoms with Crippen molar-refractivity contribution in [3.63, 3.8) is 0 Å². The Bertz CT molecular complexity index is 400. The summed E-state index contributed by atoms with van der Waals surface area (Å²) in [6.07, 6.45) is 2.30. The third-order valence-electron chi connectivity index (χ3n) is 3.83. The summed E-state index contributed by atoms with van der Waals surface area (Å²) in [5, 5.41) is 3.67. The van der Waals surface area contributed by atoms with Gasteiger partial charge in [0, 0.05) is 18.6 Å². The van der Waals surface area contributed by atoms with Gasteiger partial charge < -0.3 is 14.8 Å². The van der Waals surface area contributed by atoms with Crippen molar-refractivity contribution in [1.82, 2.24) is 5.32 Å². The fourth-order valence-electron chi connectivity index (χ4n) is 2.77. The summed E-state index contributed by atoms with van der Waals surface area (Å²) >= 11 is 0. The quantitative estimate of drug-likeness (QED) is 0.855. The first-order valence-electron chi connectivity index (χ1n) is 7.22. The van der Waals surface area contributed by atoms with Gasteiger partial charge in [-0.15, -0.1) is 0 Å². The summed E-state index contributed by atoms with van der Waals surface area (Å²) in [7, 11) is 1.72. The number of nitrogens with one attached hydrogen (secondary N) is 1. The summed E-state index contributed by atoms with van der Waals surface area (Å²) < 4.78 is 10.9. The summed E-state index contributed by atoms with van der Waals surface area (Å²) in [6.45, 7) is 7.11. The van der Waals surface area contributed by atoms with Crippen molar-refractivity contribution in [1.29, 1.82) is 0 Å². The Labute approximate surface area is 116 Å². The van der Waals surface area contributed by atoms with Crippen LogP contribution in [0.1, 0.15) is 36.9 Å². The van der Waals surface area contributed by atoms with Crippen molar-refractivity contribution < 1.29 is 9.47 Å². The van der Waals surface area contributed by atoms with Crippen LogP contribution >= 0.6 is 0 Å². The molecule has 1 saturated heterocycles. The smallest absolute Gasteiger partial charge is 0.121 e. The Morgan fingerprint density at radius 2 is 2.32 bits per heavy atom. The minimum Gasteiger partial charge on any atom is -0.496 e. The van der Waals surface area contributed by atoms with E-state index in [2.05, 4.69) is 37.4 Å². The second kappa shape index (κ2) is 6.92. The maximum Gasteiger partial charge on any atom is 0.121 e. The molecule has 1 fully saturated rings. The second-order valence-corrected chi connectivity index (χ2v) is 5.28. The number of hydrogen-bond acceptors (Lipinski definition) is 3. The molecule has 0 amide bonds. The molecule has 0 saturated carbocycles. The van der Waals surface area contributed by atoms with E-state index in [1.54, 1.807) is 7.11 Å². The molecule has 2 unspecified atom stereocenters. The van der Waals surface area contributed by atoms with E-state index < -0.39 is 0 Å². The molecule has 3 heteroatoms. The molecular formula is C16H25NO2. The molecular weight excluding hydrogens is 238 g/mol. The Morgan fingerprint density at radius 1 is 1.47 bits per heavy atom. The average molecular weight is 263 g/mol. The molecule has 19 heavy (non-hydrogen) atoms. The molecule has 1 aromatic carbocycles. The number of methoxy groups -OCH3 is 1. The van der Waals surface area contributed by atoms with Crippen LogP contribution in [0.3, 0.4) is 0 Å². The third-order valence-corrected chi connectivity index (χ3v) is 3.83. The molecule has 1 aliphatic heterocycles. The van der Waals surface area contributed by atoms with Crippen LogP contribution in [0.15, 0.2) is 18.2 Å². The molecule has 1 aliphatic rings. The highest BCUT2D eigenvalue weighted by molar-refractivity contribution is 5.37. The van der Waals surface area contributed by atoms with E-state index in [0.29, 0.717) is 12.0 Å². The highest BCUT2D eigenvalue weighted by atomic mass is 16.5. The molecule has 106 valence electrons. The normalized spacial score (nSPS) is 20.5. The number of hydrogen-bond donors (Lipinski definition) is 1. The lowest BCUT2D eigenvalue weighted by molar-refractivity contribution is 0.176. The molecule has 0 spiro atoms. The molecule has 3 nitrogen and oxygen atoms in total. The number of benzene rings is 1. The highest BCUT2D eigenvalue weighted by Crippen LogP contribution is 2.31. The van der Waals surface area contributed by atoms with Crippen LogP contribution in [0.2, 0.25) is 0 Å². The van der Waals surface area contributed by atoms with E-state index in [4.69, 9.17) is 9.47 Å². The monoisotopic (exact) mass is 263 g/mol. The van der Waals surface area contributed by atoms with Crippen molar-refractivity contribution in [2.24, 2.45) is 5.92 Å². The molecule has 2 rings (SSSR count). The standard InChI is InChI=1S/C16H25NO2/c1-4-8-17-16(14-7-9-19-11-14)13-5-6-15(18-3)12(2)10-13/h5-6,10,14,16-17H,4,7-9,11H2,1-3H3. The minimum atomic E-state index is 0.395. The lowest BCUT2D eigenvalue weighted by Gasteiger charge is -2.25. The Hall–Kier alpha value is -1.06. The van der Waals surface area contributed by atoms with Gasteiger partial charge in [-0.2, -0.15) is 0 Å². The van der Waals surface area contributed by atoms with Crippen LogP contribution in [0.5, 0.6) is 5.75 Å². The number of rotatable bonds is 6. The van der Waals surface area contributed by atoms with Gasteiger partial charge in [0.1, 0.15) is 5.75 Å². The van der Waals surface area contributed by atoms with Gasteiger partial charge >= 0.3 is 0 Å². The van der Waals surface area contributed by atoms with Crippen LogP contribution < -0.4 is 10.1 Å². The third kappa shape index (κ3) is 3.48. The molecule has 0 bridgehead atoms. The number of aryl methyl sites for hydroxylation is 1. The fraction of sp³-hybridized carbons (Fsp3) is 0.625. The predicted molar refractivity (Wildman–Crippen MR) is 77.7 cm³/mol. The molecule has 0 aliphatic carbocycles. The van der Waals surface area contributed by atoms with Crippen LogP contribution in [-0.4, -0.2) is 26.9 Å². The van der Waals surface area contributed by atoms with E-state index in [9.17, 15) is 0 Å². The van der Waals surface area contributed by atoms with Crippen LogP contribution in [-0.2, 0) is 4.74 Å². The molecule has 0 radical (unpaired) electrons. The lowest BCUT2D eigenvalue weighted by atomic mass is 9.91. The topological polar surface area (TPSA) is 30.5 Å². The zero-order valence-electron chi connectivity index (χ0n) is 12.2. The van der Waals surface area contributed by atoms with Crippen LogP contribution in [0.4, 0.5) is 0 Å². The first-order valence-corrected chi connectivity index (χ1v) is 7.22. The zero-order chi connectivity index (χ0) is 13.7. The van der Waals surface area contributed by atoms with Gasteiger partial charge in [0.05, 0.1) is 13.7 Å². The second-order valence-electron chi connectivity index (χ2n) is 5.28. The number of ether oxygens (including phenoxy) is 2. The Kier molecular flexibility index (Phi) is 5.23. The first kappa shape index (κ1) is 14.4. The van der Waals surface area contributed by atoms with Gasteiger partial charge in [0.15, 0.2) is 0 Å². The van der Waals surface area contributed by atoms with Crippen molar-refractivity contribution >= 4 is 0 Å². The van der Waals surface area contributed by atoms with E-state index in [1.807, 2.05) is 0 Å². The lowest BCUT2D eigenvalue weighted by Crippen LogP contribution is -2.29. The first-order chi connectivity index (χ1) is 9.26. The SMILES string of the molecule is CCCNC(c1ccc(OC)c(C)c1)C1CCOC1. The maximum absolute atomic E-state index is 5.55. The van der Waals surface area contributed by atoms with Gasteiger partial charge in [0.2, 0.25) is 0 Å². The zero-order valence-corrected chi connectivity index (χ0v) is 12.2. The summed E-state index contributed by atoms with van der Waals surface area (Å²) in [5.74, 6) is 1.54.